The van der Waals surface area contributed by atoms with E-state index in [9.17, 15) is 18.3 Å². The topological polar surface area (TPSA) is 32.3 Å². The minimum absolute atomic E-state index is 0.00687. The van der Waals surface area contributed by atoms with Gasteiger partial charge in [-0.1, -0.05) is 30.3 Å². The van der Waals surface area contributed by atoms with E-state index in [1.807, 2.05) is 6.07 Å². The Hall–Kier alpha value is -1.85. The van der Waals surface area contributed by atoms with Crippen molar-refractivity contribution in [1.29, 1.82) is 0 Å². The molecule has 2 aromatic rings. The molecular formula is C15H14F3NO. The summed E-state index contributed by atoms with van der Waals surface area (Å²) in [5, 5.41) is 12.7. The van der Waals surface area contributed by atoms with E-state index < -0.39 is 23.6 Å². The first-order valence-electron chi connectivity index (χ1n) is 6.15. The van der Waals surface area contributed by atoms with Gasteiger partial charge in [0.15, 0.2) is 11.6 Å². The van der Waals surface area contributed by atoms with Gasteiger partial charge in [-0.3, -0.25) is 0 Å². The lowest BCUT2D eigenvalue weighted by Gasteiger charge is -2.12. The Morgan fingerprint density at radius 3 is 2.30 bits per heavy atom. The van der Waals surface area contributed by atoms with Crippen molar-refractivity contribution in [2.75, 3.05) is 6.54 Å². The first-order chi connectivity index (χ1) is 9.58. The number of aliphatic hydroxyl groups excluding tert-OH is 1. The molecule has 2 aromatic carbocycles. The monoisotopic (exact) mass is 281 g/mol. The molecule has 1 atom stereocenters. The van der Waals surface area contributed by atoms with E-state index in [2.05, 4.69) is 5.32 Å². The van der Waals surface area contributed by atoms with Crippen LogP contribution in [0.2, 0.25) is 0 Å². The number of aliphatic hydroxyl groups is 1. The van der Waals surface area contributed by atoms with Gasteiger partial charge in [0.1, 0.15) is 5.82 Å². The summed E-state index contributed by atoms with van der Waals surface area (Å²) in [5.41, 5.74) is 0.745. The molecule has 0 radical (unpaired) electrons. The van der Waals surface area contributed by atoms with Crippen LogP contribution >= 0.6 is 0 Å². The van der Waals surface area contributed by atoms with E-state index in [4.69, 9.17) is 0 Å². The number of hydrogen-bond donors (Lipinski definition) is 2. The molecule has 1 unspecified atom stereocenters. The second kappa shape index (κ2) is 6.54. The van der Waals surface area contributed by atoms with Gasteiger partial charge in [-0.15, -0.1) is 0 Å². The van der Waals surface area contributed by atoms with E-state index in [0.717, 1.165) is 11.6 Å². The highest BCUT2D eigenvalue weighted by Gasteiger charge is 2.11. The normalized spacial score (nSPS) is 12.4. The highest BCUT2D eigenvalue weighted by molar-refractivity contribution is 5.20. The SMILES string of the molecule is OC(CNCc1cc(F)c(F)cc1F)c1ccccc1. The summed E-state index contributed by atoms with van der Waals surface area (Å²) >= 11 is 0. The highest BCUT2D eigenvalue weighted by Crippen LogP contribution is 2.14. The van der Waals surface area contributed by atoms with Gasteiger partial charge in [0.05, 0.1) is 6.10 Å². The third-order valence-corrected chi connectivity index (χ3v) is 2.93. The van der Waals surface area contributed by atoms with Gasteiger partial charge < -0.3 is 10.4 Å². The predicted molar refractivity (Wildman–Crippen MR) is 69.4 cm³/mol. The number of hydrogen-bond acceptors (Lipinski definition) is 2. The molecule has 0 spiro atoms. The van der Waals surface area contributed by atoms with E-state index >= 15 is 0 Å². The lowest BCUT2D eigenvalue weighted by Crippen LogP contribution is -2.21. The van der Waals surface area contributed by atoms with Crippen LogP contribution in [0.4, 0.5) is 13.2 Å². The molecule has 0 aromatic heterocycles. The molecule has 0 aliphatic heterocycles. The predicted octanol–water partition coefficient (Wildman–Crippen LogP) is 2.93. The van der Waals surface area contributed by atoms with Crippen molar-refractivity contribution in [1.82, 2.24) is 5.32 Å². The minimum Gasteiger partial charge on any atom is -0.387 e. The van der Waals surface area contributed by atoms with E-state index in [0.29, 0.717) is 6.07 Å². The fourth-order valence-electron chi connectivity index (χ4n) is 1.84. The average Bonchev–Trinajstić information content (AvgIpc) is 2.45. The van der Waals surface area contributed by atoms with Gasteiger partial charge in [0.2, 0.25) is 0 Å². The maximum absolute atomic E-state index is 13.4. The Morgan fingerprint density at radius 1 is 0.950 bits per heavy atom. The summed E-state index contributed by atoms with van der Waals surface area (Å²) in [7, 11) is 0. The standard InChI is InChI=1S/C15H14F3NO/c16-12-7-14(18)13(17)6-11(12)8-19-9-15(20)10-4-2-1-3-5-10/h1-7,15,19-20H,8-9H2. The zero-order valence-electron chi connectivity index (χ0n) is 10.6. The minimum atomic E-state index is -1.21. The van der Waals surface area contributed by atoms with Crippen molar-refractivity contribution in [2.45, 2.75) is 12.6 Å². The maximum atomic E-state index is 13.4. The Kier molecular flexibility index (Phi) is 4.76. The molecular weight excluding hydrogens is 267 g/mol. The smallest absolute Gasteiger partial charge is 0.161 e. The Bertz CT molecular complexity index is 575. The van der Waals surface area contributed by atoms with Crippen molar-refractivity contribution < 1.29 is 18.3 Å². The molecule has 0 heterocycles. The number of rotatable bonds is 5. The molecule has 20 heavy (non-hydrogen) atoms. The summed E-state index contributed by atoms with van der Waals surface area (Å²) in [6, 6.07) is 10.3. The van der Waals surface area contributed by atoms with Crippen LogP contribution in [0.1, 0.15) is 17.2 Å². The van der Waals surface area contributed by atoms with Crippen molar-refractivity contribution in [3.63, 3.8) is 0 Å². The summed E-state index contributed by atoms with van der Waals surface area (Å²) in [4.78, 5) is 0. The molecule has 0 amide bonds. The average molecular weight is 281 g/mol. The molecule has 0 bridgehead atoms. The first-order valence-corrected chi connectivity index (χ1v) is 6.15. The number of halogens is 3. The van der Waals surface area contributed by atoms with Crippen LogP contribution in [0.5, 0.6) is 0 Å². The quantitative estimate of drug-likeness (QED) is 0.826. The molecule has 0 saturated carbocycles. The van der Waals surface area contributed by atoms with Gasteiger partial charge >= 0.3 is 0 Å². The maximum Gasteiger partial charge on any atom is 0.161 e. The van der Waals surface area contributed by atoms with Gasteiger partial charge in [-0.25, -0.2) is 13.2 Å². The summed E-state index contributed by atoms with van der Waals surface area (Å²) in [5.74, 6) is -3.12. The number of benzene rings is 2. The zero-order chi connectivity index (χ0) is 14.5. The fraction of sp³-hybridized carbons (Fsp3) is 0.200. The summed E-state index contributed by atoms with van der Waals surface area (Å²) in [6.07, 6.45) is -0.746. The third kappa shape index (κ3) is 3.59. The Balaban J connectivity index is 1.92. The van der Waals surface area contributed by atoms with Crippen molar-refractivity contribution in [3.8, 4) is 0 Å². The Morgan fingerprint density at radius 2 is 1.60 bits per heavy atom. The van der Waals surface area contributed by atoms with Crippen LogP contribution in [0.15, 0.2) is 42.5 Å². The fourth-order valence-corrected chi connectivity index (χ4v) is 1.84. The van der Waals surface area contributed by atoms with Crippen LogP contribution in [0.25, 0.3) is 0 Å². The van der Waals surface area contributed by atoms with Crippen LogP contribution in [-0.4, -0.2) is 11.7 Å². The molecule has 2 N–H and O–H groups in total. The summed E-state index contributed by atoms with van der Waals surface area (Å²) in [6.45, 7) is 0.190. The number of nitrogens with one attached hydrogen (secondary N) is 1. The van der Waals surface area contributed by atoms with Crippen molar-refractivity contribution in [3.05, 3.63) is 71.0 Å². The third-order valence-electron chi connectivity index (χ3n) is 2.93. The lowest BCUT2D eigenvalue weighted by atomic mass is 10.1. The Labute approximate surface area is 114 Å². The van der Waals surface area contributed by atoms with E-state index in [1.54, 1.807) is 24.3 Å². The van der Waals surface area contributed by atoms with Gasteiger partial charge in [0.25, 0.3) is 0 Å². The molecule has 0 aliphatic carbocycles. The van der Waals surface area contributed by atoms with Crippen molar-refractivity contribution in [2.24, 2.45) is 0 Å². The largest absolute Gasteiger partial charge is 0.387 e. The molecule has 0 saturated heterocycles. The van der Waals surface area contributed by atoms with Crippen molar-refractivity contribution >= 4 is 0 Å². The zero-order valence-corrected chi connectivity index (χ0v) is 10.6. The second-order valence-electron chi connectivity index (χ2n) is 4.42. The van der Waals surface area contributed by atoms with Gasteiger partial charge in [0, 0.05) is 24.7 Å². The molecule has 0 fully saturated rings. The van der Waals surface area contributed by atoms with Crippen LogP contribution in [-0.2, 0) is 6.54 Å². The molecule has 2 rings (SSSR count). The van der Waals surface area contributed by atoms with Crippen LogP contribution < -0.4 is 5.32 Å². The highest BCUT2D eigenvalue weighted by atomic mass is 19.2. The molecule has 0 aliphatic rings. The first kappa shape index (κ1) is 14.6. The van der Waals surface area contributed by atoms with E-state index in [-0.39, 0.29) is 18.7 Å². The van der Waals surface area contributed by atoms with Gasteiger partial charge in [-0.05, 0) is 11.6 Å². The molecule has 2 nitrogen and oxygen atoms in total. The van der Waals surface area contributed by atoms with Crippen LogP contribution in [0.3, 0.4) is 0 Å². The van der Waals surface area contributed by atoms with Crippen LogP contribution in [0, 0.1) is 17.5 Å². The molecule has 5 heteroatoms. The summed E-state index contributed by atoms with van der Waals surface area (Å²) < 4.78 is 39.1. The lowest BCUT2D eigenvalue weighted by molar-refractivity contribution is 0.174. The van der Waals surface area contributed by atoms with Gasteiger partial charge in [-0.2, -0.15) is 0 Å². The van der Waals surface area contributed by atoms with E-state index in [1.165, 1.54) is 0 Å². The molecule has 106 valence electrons. The second-order valence-corrected chi connectivity index (χ2v) is 4.42.